The number of fused-ring (bicyclic) bond motifs is 1. The van der Waals surface area contributed by atoms with Crippen molar-refractivity contribution >= 4 is 43.3 Å². The highest BCUT2D eigenvalue weighted by molar-refractivity contribution is 7.92. The van der Waals surface area contributed by atoms with Crippen LogP contribution >= 0.6 is 11.3 Å². The molecule has 0 aliphatic heterocycles. The van der Waals surface area contributed by atoms with Gasteiger partial charge in [0.2, 0.25) is 0 Å². The smallest absolute Gasteiger partial charge is 0.325 e. The van der Waals surface area contributed by atoms with Gasteiger partial charge in [0.15, 0.2) is 14.6 Å². The molecule has 0 radical (unpaired) electrons. The van der Waals surface area contributed by atoms with Crippen molar-refractivity contribution in [1.82, 2.24) is 4.57 Å². The van der Waals surface area contributed by atoms with Crippen LogP contribution in [0.15, 0.2) is 46.3 Å². The zero-order chi connectivity index (χ0) is 24.3. The maximum atomic E-state index is 12.9. The van der Waals surface area contributed by atoms with Gasteiger partial charge in [-0.2, -0.15) is 4.99 Å². The summed E-state index contributed by atoms with van der Waals surface area (Å²) < 4.78 is 42.5. The lowest BCUT2D eigenvalue weighted by molar-refractivity contribution is -0.141. The number of methoxy groups -OCH3 is 3. The number of ether oxygens (including phenoxy) is 3. The van der Waals surface area contributed by atoms with E-state index in [1.807, 2.05) is 0 Å². The van der Waals surface area contributed by atoms with Crippen LogP contribution in [0.25, 0.3) is 10.2 Å². The molecule has 0 fully saturated rings. The zero-order valence-corrected chi connectivity index (χ0v) is 20.5. The number of sulfone groups is 1. The second-order valence-corrected chi connectivity index (χ2v) is 10.7. The molecule has 0 unspecified atom stereocenters. The van der Waals surface area contributed by atoms with E-state index in [9.17, 15) is 18.0 Å². The Labute approximate surface area is 195 Å². The monoisotopic (exact) mass is 492 g/mol. The van der Waals surface area contributed by atoms with E-state index < -0.39 is 27.0 Å². The van der Waals surface area contributed by atoms with Crippen molar-refractivity contribution in [3.05, 3.63) is 46.8 Å². The SMILES string of the molecule is COC(=O)Cn1c(=NC(=O)c2ccc(S(=O)(=O)C(C)C)cc2)sc2c(OC)ccc(OC)c21. The lowest BCUT2D eigenvalue weighted by atomic mass is 10.2. The standard InChI is InChI=1S/C22H24N2O7S2/c1-13(2)33(27,28)15-8-6-14(7-9-15)21(26)23-22-24(12-18(25)31-5)19-16(29-3)10-11-17(30-4)20(19)32-22/h6-11,13H,12H2,1-5H3. The first-order valence-electron chi connectivity index (χ1n) is 9.88. The second-order valence-electron chi connectivity index (χ2n) is 7.23. The number of hydrogen-bond donors (Lipinski definition) is 0. The molecule has 1 amide bonds. The van der Waals surface area contributed by atoms with Crippen molar-refractivity contribution in [3.63, 3.8) is 0 Å². The Morgan fingerprint density at radius 1 is 1.00 bits per heavy atom. The molecule has 3 aromatic rings. The van der Waals surface area contributed by atoms with E-state index in [1.54, 1.807) is 26.0 Å². The van der Waals surface area contributed by atoms with Crippen LogP contribution in [-0.2, 0) is 25.9 Å². The molecule has 1 aromatic heterocycles. The predicted molar refractivity (Wildman–Crippen MR) is 124 cm³/mol. The van der Waals surface area contributed by atoms with Crippen LogP contribution in [0.3, 0.4) is 0 Å². The average molecular weight is 493 g/mol. The third-order valence-electron chi connectivity index (χ3n) is 4.95. The highest BCUT2D eigenvalue weighted by Gasteiger charge is 2.21. The fourth-order valence-corrected chi connectivity index (χ4v) is 5.29. The summed E-state index contributed by atoms with van der Waals surface area (Å²) in [5.41, 5.74) is 0.746. The van der Waals surface area contributed by atoms with Crippen LogP contribution in [0, 0.1) is 0 Å². The second kappa shape index (κ2) is 9.75. The highest BCUT2D eigenvalue weighted by Crippen LogP contribution is 2.35. The lowest BCUT2D eigenvalue weighted by Gasteiger charge is -2.09. The molecule has 0 saturated heterocycles. The normalized spacial score (nSPS) is 12.2. The minimum absolute atomic E-state index is 0.131. The molecular formula is C22H24N2O7S2. The lowest BCUT2D eigenvalue weighted by Crippen LogP contribution is -2.22. The fraction of sp³-hybridized carbons (Fsp3) is 0.318. The number of carbonyl (C=O) groups excluding carboxylic acids is 2. The van der Waals surface area contributed by atoms with Crippen LogP contribution in [0.5, 0.6) is 11.5 Å². The minimum Gasteiger partial charge on any atom is -0.495 e. The molecule has 0 spiro atoms. The molecule has 9 nitrogen and oxygen atoms in total. The van der Waals surface area contributed by atoms with Crippen LogP contribution in [-0.4, -0.2) is 51.4 Å². The summed E-state index contributed by atoms with van der Waals surface area (Å²) in [6.07, 6.45) is 0. The molecular weight excluding hydrogens is 468 g/mol. The summed E-state index contributed by atoms with van der Waals surface area (Å²) in [4.78, 5) is 29.6. The van der Waals surface area contributed by atoms with E-state index in [0.29, 0.717) is 21.7 Å². The molecule has 2 aromatic carbocycles. The number of benzene rings is 2. The number of hydrogen-bond acceptors (Lipinski definition) is 8. The molecule has 0 aliphatic carbocycles. The number of carbonyl (C=O) groups is 2. The molecule has 0 atom stereocenters. The first-order valence-corrected chi connectivity index (χ1v) is 12.2. The van der Waals surface area contributed by atoms with Gasteiger partial charge >= 0.3 is 5.97 Å². The molecule has 0 aliphatic rings. The Balaban J connectivity index is 2.15. The van der Waals surface area contributed by atoms with E-state index in [4.69, 9.17) is 14.2 Å². The van der Waals surface area contributed by atoms with Gasteiger partial charge in [0.05, 0.1) is 31.5 Å². The van der Waals surface area contributed by atoms with E-state index in [-0.39, 0.29) is 21.8 Å². The van der Waals surface area contributed by atoms with Gasteiger partial charge in [0.25, 0.3) is 5.91 Å². The Bertz CT molecular complexity index is 1370. The number of rotatable bonds is 7. The Morgan fingerprint density at radius 3 is 2.15 bits per heavy atom. The topological polar surface area (TPSA) is 113 Å². The fourth-order valence-electron chi connectivity index (χ4n) is 3.09. The van der Waals surface area contributed by atoms with Gasteiger partial charge in [-0.15, -0.1) is 0 Å². The van der Waals surface area contributed by atoms with E-state index in [2.05, 4.69) is 4.99 Å². The third kappa shape index (κ3) is 4.79. The Kier molecular flexibility index (Phi) is 7.23. The van der Waals surface area contributed by atoms with Crippen LogP contribution in [0.2, 0.25) is 0 Å². The molecule has 11 heteroatoms. The number of esters is 1. The number of nitrogens with zero attached hydrogens (tertiary/aromatic N) is 2. The van der Waals surface area contributed by atoms with Gasteiger partial charge < -0.3 is 18.8 Å². The van der Waals surface area contributed by atoms with E-state index in [0.717, 1.165) is 11.3 Å². The minimum atomic E-state index is -3.46. The molecule has 3 rings (SSSR count). The molecule has 0 N–H and O–H groups in total. The largest absolute Gasteiger partial charge is 0.495 e. The zero-order valence-electron chi connectivity index (χ0n) is 18.8. The van der Waals surface area contributed by atoms with Crippen molar-refractivity contribution in [3.8, 4) is 11.5 Å². The number of aromatic nitrogens is 1. The van der Waals surface area contributed by atoms with Crippen molar-refractivity contribution < 1.29 is 32.2 Å². The van der Waals surface area contributed by atoms with Crippen molar-refractivity contribution in [2.24, 2.45) is 4.99 Å². The van der Waals surface area contributed by atoms with Gasteiger partial charge in [0, 0.05) is 5.56 Å². The summed E-state index contributed by atoms with van der Waals surface area (Å²) in [5.74, 6) is -0.113. The number of amides is 1. The molecule has 0 saturated carbocycles. The summed E-state index contributed by atoms with van der Waals surface area (Å²) in [7, 11) is 0.821. The van der Waals surface area contributed by atoms with Gasteiger partial charge in [-0.05, 0) is 50.2 Å². The molecule has 0 bridgehead atoms. The quantitative estimate of drug-likeness (QED) is 0.466. The molecule has 33 heavy (non-hydrogen) atoms. The molecule has 1 heterocycles. The number of thiazole rings is 1. The van der Waals surface area contributed by atoms with Crippen LogP contribution in [0.1, 0.15) is 24.2 Å². The van der Waals surface area contributed by atoms with Gasteiger partial charge in [-0.3, -0.25) is 9.59 Å². The summed E-state index contributed by atoms with van der Waals surface area (Å²) in [5, 5.41) is -0.579. The summed E-state index contributed by atoms with van der Waals surface area (Å²) in [6, 6.07) is 9.02. The van der Waals surface area contributed by atoms with Crippen molar-refractivity contribution in [2.45, 2.75) is 30.5 Å². The maximum absolute atomic E-state index is 12.9. The van der Waals surface area contributed by atoms with Crippen molar-refractivity contribution in [1.29, 1.82) is 0 Å². The predicted octanol–water partition coefficient (Wildman–Crippen LogP) is 2.82. The molecule has 176 valence electrons. The Hall–Kier alpha value is -3.18. The van der Waals surface area contributed by atoms with Crippen LogP contribution in [0.4, 0.5) is 0 Å². The van der Waals surface area contributed by atoms with Crippen molar-refractivity contribution in [2.75, 3.05) is 21.3 Å². The van der Waals surface area contributed by atoms with Gasteiger partial charge in [-0.1, -0.05) is 11.3 Å². The van der Waals surface area contributed by atoms with Crippen LogP contribution < -0.4 is 14.3 Å². The highest BCUT2D eigenvalue weighted by atomic mass is 32.2. The first-order chi connectivity index (χ1) is 15.6. The van der Waals surface area contributed by atoms with E-state index in [1.165, 1.54) is 50.2 Å². The van der Waals surface area contributed by atoms with Gasteiger partial charge in [-0.25, -0.2) is 8.42 Å². The first kappa shape index (κ1) is 24.5. The maximum Gasteiger partial charge on any atom is 0.325 e. The summed E-state index contributed by atoms with van der Waals surface area (Å²) in [6.45, 7) is 2.99. The Morgan fingerprint density at radius 2 is 1.61 bits per heavy atom. The average Bonchev–Trinajstić information content (AvgIpc) is 3.15. The van der Waals surface area contributed by atoms with Gasteiger partial charge in [0.1, 0.15) is 28.3 Å². The van der Waals surface area contributed by atoms with E-state index >= 15 is 0 Å². The third-order valence-corrected chi connectivity index (χ3v) is 8.22. The summed E-state index contributed by atoms with van der Waals surface area (Å²) >= 11 is 1.16.